The fraction of sp³-hybridized carbons (Fsp3) is 0.889. The van der Waals surface area contributed by atoms with E-state index in [1.54, 1.807) is 25.9 Å². The Bertz CT molecular complexity index is 297. The molecule has 15 heavy (non-hydrogen) atoms. The molecule has 0 aromatic carbocycles. The Morgan fingerprint density at radius 2 is 1.93 bits per heavy atom. The number of ether oxygens (including phenoxy) is 1. The Kier molecular flexibility index (Phi) is 5.82. The maximum Gasteiger partial charge on any atom is 0.309 e. The third-order valence-corrected chi connectivity index (χ3v) is 3.77. The second kappa shape index (κ2) is 6.07. The third-order valence-electron chi connectivity index (χ3n) is 1.96. The van der Waals surface area contributed by atoms with Crippen molar-refractivity contribution in [3.63, 3.8) is 0 Å². The monoisotopic (exact) mass is 237 g/mol. The lowest BCUT2D eigenvalue weighted by atomic mass is 10.2. The summed E-state index contributed by atoms with van der Waals surface area (Å²) in [6, 6.07) is 0. The Morgan fingerprint density at radius 1 is 1.40 bits per heavy atom. The minimum Gasteiger partial charge on any atom is -0.469 e. The van der Waals surface area contributed by atoms with E-state index in [4.69, 9.17) is 0 Å². The Morgan fingerprint density at radius 3 is 2.33 bits per heavy atom. The quantitative estimate of drug-likeness (QED) is 0.597. The number of methoxy groups -OCH3 is 1. The molecule has 90 valence electrons. The lowest BCUT2D eigenvalue weighted by Crippen LogP contribution is -2.28. The molecule has 0 rings (SSSR count). The molecule has 0 aromatic heterocycles. The summed E-state index contributed by atoms with van der Waals surface area (Å²) in [5.41, 5.74) is 0. The van der Waals surface area contributed by atoms with E-state index in [1.165, 1.54) is 7.11 Å². The molecule has 6 heteroatoms. The number of hydrogen-bond acceptors (Lipinski definition) is 5. The highest BCUT2D eigenvalue weighted by molar-refractivity contribution is 7.91. The summed E-state index contributed by atoms with van der Waals surface area (Å²) in [6.45, 7) is 2.02. The number of carbonyl (C=O) groups excluding carboxylic acids is 1. The summed E-state index contributed by atoms with van der Waals surface area (Å²) in [5.74, 6) is -1.15. The molecular weight excluding hydrogens is 218 g/mol. The van der Waals surface area contributed by atoms with Crippen LogP contribution in [0.3, 0.4) is 0 Å². The Labute approximate surface area is 91.3 Å². The van der Waals surface area contributed by atoms with Gasteiger partial charge in [0.1, 0.15) is 0 Å². The highest BCUT2D eigenvalue weighted by Gasteiger charge is 2.21. The van der Waals surface area contributed by atoms with E-state index in [1.807, 2.05) is 0 Å². The fourth-order valence-electron chi connectivity index (χ4n) is 1.06. The summed E-state index contributed by atoms with van der Waals surface area (Å²) in [7, 11) is 1.69. The van der Waals surface area contributed by atoms with Crippen LogP contribution in [0, 0.1) is 5.92 Å². The summed E-state index contributed by atoms with van der Waals surface area (Å²) in [4.78, 5) is 12.8. The van der Waals surface area contributed by atoms with Crippen molar-refractivity contribution in [2.45, 2.75) is 6.92 Å². The molecule has 0 aliphatic carbocycles. The van der Waals surface area contributed by atoms with Crippen LogP contribution in [-0.2, 0) is 19.4 Å². The summed E-state index contributed by atoms with van der Waals surface area (Å²) in [6.07, 6.45) is 0. The predicted molar refractivity (Wildman–Crippen MR) is 58.4 cm³/mol. The number of hydrogen-bond donors (Lipinski definition) is 0. The number of esters is 1. The summed E-state index contributed by atoms with van der Waals surface area (Å²) in [5, 5.41) is 0. The van der Waals surface area contributed by atoms with Crippen molar-refractivity contribution in [2.24, 2.45) is 5.92 Å². The van der Waals surface area contributed by atoms with Crippen LogP contribution in [0.15, 0.2) is 0 Å². The third kappa shape index (κ3) is 6.46. The molecule has 0 fully saturated rings. The average molecular weight is 237 g/mol. The van der Waals surface area contributed by atoms with Gasteiger partial charge < -0.3 is 9.64 Å². The van der Waals surface area contributed by atoms with Crippen molar-refractivity contribution < 1.29 is 17.9 Å². The van der Waals surface area contributed by atoms with E-state index in [9.17, 15) is 13.2 Å². The van der Waals surface area contributed by atoms with E-state index in [-0.39, 0.29) is 11.5 Å². The van der Waals surface area contributed by atoms with Crippen molar-refractivity contribution in [2.75, 3.05) is 39.3 Å². The molecular formula is C9H19NO4S. The minimum atomic E-state index is -3.17. The first-order valence-corrected chi connectivity index (χ1v) is 6.53. The van der Waals surface area contributed by atoms with Gasteiger partial charge in [-0.3, -0.25) is 4.79 Å². The molecule has 0 amide bonds. The van der Waals surface area contributed by atoms with Crippen LogP contribution in [-0.4, -0.2) is 58.5 Å². The first-order valence-electron chi connectivity index (χ1n) is 4.71. The zero-order valence-electron chi connectivity index (χ0n) is 9.69. The number of carbonyl (C=O) groups is 1. The van der Waals surface area contributed by atoms with E-state index in [2.05, 4.69) is 4.74 Å². The Balaban J connectivity index is 4.20. The van der Waals surface area contributed by atoms with Crippen LogP contribution in [0.25, 0.3) is 0 Å². The van der Waals surface area contributed by atoms with Crippen LogP contribution in [0.2, 0.25) is 0 Å². The first-order chi connectivity index (χ1) is 6.78. The van der Waals surface area contributed by atoms with Gasteiger partial charge in [0.15, 0.2) is 9.84 Å². The van der Waals surface area contributed by atoms with E-state index in [0.717, 1.165) is 0 Å². The van der Waals surface area contributed by atoms with Crippen molar-refractivity contribution in [3.8, 4) is 0 Å². The fourth-order valence-corrected chi connectivity index (χ4v) is 2.76. The molecule has 0 radical (unpaired) electrons. The highest BCUT2D eigenvalue weighted by Crippen LogP contribution is 2.04. The minimum absolute atomic E-state index is 0.0708. The van der Waals surface area contributed by atoms with Gasteiger partial charge >= 0.3 is 5.97 Å². The SMILES string of the molecule is COC(=O)C(C)CS(=O)(=O)CCN(C)C. The number of nitrogens with zero attached hydrogens (tertiary/aromatic N) is 1. The van der Waals surface area contributed by atoms with Gasteiger partial charge in [-0.05, 0) is 14.1 Å². The van der Waals surface area contributed by atoms with Crippen LogP contribution in [0.5, 0.6) is 0 Å². The summed E-state index contributed by atoms with van der Waals surface area (Å²) < 4.78 is 27.5. The molecule has 0 saturated heterocycles. The molecule has 0 heterocycles. The molecule has 0 saturated carbocycles. The normalized spacial score (nSPS) is 13.9. The topological polar surface area (TPSA) is 63.7 Å². The van der Waals surface area contributed by atoms with E-state index in [0.29, 0.717) is 6.54 Å². The maximum atomic E-state index is 11.5. The van der Waals surface area contributed by atoms with Gasteiger partial charge in [0.05, 0.1) is 24.5 Å². The van der Waals surface area contributed by atoms with Crippen molar-refractivity contribution in [1.82, 2.24) is 4.90 Å². The van der Waals surface area contributed by atoms with Crippen LogP contribution >= 0.6 is 0 Å². The molecule has 1 unspecified atom stereocenters. The summed E-state index contributed by atoms with van der Waals surface area (Å²) >= 11 is 0. The second-order valence-corrected chi connectivity index (χ2v) is 6.07. The van der Waals surface area contributed by atoms with E-state index >= 15 is 0 Å². The van der Waals surface area contributed by atoms with Crippen LogP contribution in [0.1, 0.15) is 6.92 Å². The van der Waals surface area contributed by atoms with Gasteiger partial charge in [-0.15, -0.1) is 0 Å². The number of sulfone groups is 1. The van der Waals surface area contributed by atoms with Gasteiger partial charge in [0.25, 0.3) is 0 Å². The average Bonchev–Trinajstić information content (AvgIpc) is 2.13. The molecule has 0 aliphatic heterocycles. The molecule has 0 aromatic rings. The van der Waals surface area contributed by atoms with Gasteiger partial charge in [-0.25, -0.2) is 8.42 Å². The number of rotatable bonds is 6. The smallest absolute Gasteiger partial charge is 0.309 e. The zero-order valence-corrected chi connectivity index (χ0v) is 10.5. The molecule has 0 N–H and O–H groups in total. The van der Waals surface area contributed by atoms with Gasteiger partial charge in [-0.2, -0.15) is 0 Å². The molecule has 0 aliphatic rings. The van der Waals surface area contributed by atoms with Crippen molar-refractivity contribution in [3.05, 3.63) is 0 Å². The lowest BCUT2D eigenvalue weighted by molar-refractivity contribution is -0.144. The lowest BCUT2D eigenvalue weighted by Gasteiger charge is -2.12. The van der Waals surface area contributed by atoms with Gasteiger partial charge in [0, 0.05) is 6.54 Å². The predicted octanol–water partition coefficient (Wildman–Crippen LogP) is -0.228. The van der Waals surface area contributed by atoms with Crippen LogP contribution < -0.4 is 0 Å². The van der Waals surface area contributed by atoms with Crippen molar-refractivity contribution in [1.29, 1.82) is 0 Å². The molecule has 0 spiro atoms. The molecule has 0 bridgehead atoms. The standard InChI is InChI=1S/C9H19NO4S/c1-8(9(11)14-4)7-15(12,13)6-5-10(2)3/h8H,5-7H2,1-4H3. The molecule has 5 nitrogen and oxygen atoms in total. The van der Waals surface area contributed by atoms with Gasteiger partial charge in [-0.1, -0.05) is 6.92 Å². The van der Waals surface area contributed by atoms with Crippen LogP contribution in [0.4, 0.5) is 0 Å². The maximum absolute atomic E-state index is 11.5. The molecule has 1 atom stereocenters. The van der Waals surface area contributed by atoms with Gasteiger partial charge in [0.2, 0.25) is 0 Å². The zero-order chi connectivity index (χ0) is 12.1. The highest BCUT2D eigenvalue weighted by atomic mass is 32.2. The van der Waals surface area contributed by atoms with E-state index < -0.39 is 21.7 Å². The second-order valence-electron chi connectivity index (χ2n) is 3.84. The van der Waals surface area contributed by atoms with Crippen molar-refractivity contribution >= 4 is 15.8 Å². The Hall–Kier alpha value is -0.620. The first kappa shape index (κ1) is 14.4. The largest absolute Gasteiger partial charge is 0.469 e.